The molecule has 0 aliphatic carbocycles. The fourth-order valence-electron chi connectivity index (χ4n) is 6.40. The molecule has 8 heteroatoms. The van der Waals surface area contributed by atoms with E-state index in [2.05, 4.69) is 76.1 Å². The van der Waals surface area contributed by atoms with Gasteiger partial charge in [0.25, 0.3) is 0 Å². The highest BCUT2D eigenvalue weighted by Gasteiger charge is 2.28. The number of nitrogens with one attached hydrogen (secondary N) is 1. The van der Waals surface area contributed by atoms with Gasteiger partial charge in [0.2, 0.25) is 0 Å². The van der Waals surface area contributed by atoms with Crippen LogP contribution in [0, 0.1) is 0 Å². The van der Waals surface area contributed by atoms with Crippen molar-refractivity contribution in [2.75, 3.05) is 26.8 Å². The molecule has 44 heavy (non-hydrogen) atoms. The summed E-state index contributed by atoms with van der Waals surface area (Å²) in [5.74, 6) is 0.874. The molecule has 0 bridgehead atoms. The molecule has 5 aromatic rings. The molecule has 2 heterocycles. The second kappa shape index (κ2) is 14.4. The molecular weight excluding hydrogens is 616 g/mol. The van der Waals surface area contributed by atoms with E-state index in [1.165, 1.54) is 5.69 Å². The number of nitrogens with zero attached hydrogens (tertiary/aromatic N) is 3. The van der Waals surface area contributed by atoms with Crippen LogP contribution in [0.4, 0.5) is 0 Å². The molecular formula is C36H43BrN4O3. The number of aryl methyl sites for hydroxylation is 3. The number of carbonyl (C=O) groups excluding carboxylic acids is 1. The van der Waals surface area contributed by atoms with E-state index in [1.54, 1.807) is 0 Å². The topological polar surface area (TPSA) is 70.3 Å². The average Bonchev–Trinajstić information content (AvgIpc) is 3.53. The zero-order valence-electron chi connectivity index (χ0n) is 26.5. The van der Waals surface area contributed by atoms with Gasteiger partial charge in [0, 0.05) is 46.5 Å². The first-order chi connectivity index (χ1) is 21.4. The number of rotatable bonds is 14. The Morgan fingerprint density at radius 2 is 1.77 bits per heavy atom. The van der Waals surface area contributed by atoms with Gasteiger partial charge in [-0.1, -0.05) is 84.4 Å². The lowest BCUT2D eigenvalue weighted by molar-refractivity contribution is 0.0512. The fourth-order valence-corrected chi connectivity index (χ4v) is 6.79. The largest absolute Gasteiger partial charge is 0.493 e. The molecule has 0 aliphatic rings. The molecule has 0 radical (unpaired) electrons. The summed E-state index contributed by atoms with van der Waals surface area (Å²) in [5, 5.41) is 12.1. The van der Waals surface area contributed by atoms with Gasteiger partial charge in [0.15, 0.2) is 0 Å². The lowest BCUT2D eigenvalue weighted by atomic mass is 9.95. The van der Waals surface area contributed by atoms with Crippen LogP contribution in [0.5, 0.6) is 5.75 Å². The van der Waals surface area contributed by atoms with Crippen LogP contribution < -0.4 is 10.1 Å². The van der Waals surface area contributed by atoms with Crippen LogP contribution in [0.3, 0.4) is 0 Å². The van der Waals surface area contributed by atoms with Crippen LogP contribution in [0.15, 0.2) is 60.7 Å². The molecule has 0 atom stereocenters. The number of hydrogen-bond acceptors (Lipinski definition) is 5. The number of hydrogen-bond donors (Lipinski definition) is 1. The van der Waals surface area contributed by atoms with Crippen LogP contribution >= 0.6 is 15.9 Å². The SMILES string of the molecule is CCOC(=O)c1c(CCCOc2cccc3ccccc23)c2cccc(-c3c(CBr)nn(C)c3C(C)C)c2n1CCCNC. The Morgan fingerprint density at radius 1 is 1.02 bits per heavy atom. The lowest BCUT2D eigenvalue weighted by Crippen LogP contribution is -2.17. The number of fused-ring (bicyclic) bond motifs is 2. The highest BCUT2D eigenvalue weighted by molar-refractivity contribution is 9.08. The second-order valence-electron chi connectivity index (χ2n) is 11.4. The molecule has 0 amide bonds. The molecule has 0 spiro atoms. The summed E-state index contributed by atoms with van der Waals surface area (Å²) in [6, 6.07) is 20.9. The van der Waals surface area contributed by atoms with Crippen molar-refractivity contribution in [1.82, 2.24) is 19.7 Å². The standard InChI is InChI=1S/C36H43BrN4O3/c1-6-43-36(42)35-28(18-11-22-44-31-19-9-14-25-13-7-8-15-26(25)31)27-16-10-17-29(34(27)41(35)21-12-20-38-4)32-30(23-37)39-40(5)33(32)24(2)3/h7-10,13-17,19,24,38H,6,11-12,18,20-23H2,1-5H3. The Balaban J connectivity index is 1.61. The maximum atomic E-state index is 13.7. The predicted molar refractivity (Wildman–Crippen MR) is 183 cm³/mol. The minimum Gasteiger partial charge on any atom is -0.493 e. The van der Waals surface area contributed by atoms with Crippen molar-refractivity contribution in [3.63, 3.8) is 0 Å². The highest BCUT2D eigenvalue weighted by Crippen LogP contribution is 2.41. The van der Waals surface area contributed by atoms with Crippen molar-refractivity contribution in [2.45, 2.75) is 57.8 Å². The summed E-state index contributed by atoms with van der Waals surface area (Å²) in [6.45, 7) is 8.66. The van der Waals surface area contributed by atoms with Crippen LogP contribution in [0.1, 0.15) is 67.0 Å². The van der Waals surface area contributed by atoms with Gasteiger partial charge in [0.05, 0.1) is 24.4 Å². The molecule has 3 aromatic carbocycles. The third-order valence-electron chi connectivity index (χ3n) is 8.15. The first-order valence-corrected chi connectivity index (χ1v) is 16.7. The molecule has 0 unspecified atom stereocenters. The van der Waals surface area contributed by atoms with Gasteiger partial charge in [0.1, 0.15) is 11.4 Å². The molecule has 0 saturated carbocycles. The maximum Gasteiger partial charge on any atom is 0.355 e. The number of alkyl halides is 1. The smallest absolute Gasteiger partial charge is 0.355 e. The number of halogens is 1. The first kappa shape index (κ1) is 31.8. The van der Waals surface area contributed by atoms with E-state index < -0.39 is 0 Å². The van der Waals surface area contributed by atoms with Gasteiger partial charge in [-0.15, -0.1) is 0 Å². The van der Waals surface area contributed by atoms with Crippen LogP contribution in [-0.2, 0) is 30.1 Å². The quantitative estimate of drug-likeness (QED) is 0.0743. The van der Waals surface area contributed by atoms with Gasteiger partial charge in [-0.05, 0) is 62.7 Å². The number of para-hydroxylation sites is 1. The van der Waals surface area contributed by atoms with Gasteiger partial charge in [-0.3, -0.25) is 4.68 Å². The van der Waals surface area contributed by atoms with E-state index in [-0.39, 0.29) is 11.9 Å². The van der Waals surface area contributed by atoms with Crippen LogP contribution in [-0.4, -0.2) is 47.1 Å². The van der Waals surface area contributed by atoms with Gasteiger partial charge >= 0.3 is 5.97 Å². The zero-order valence-corrected chi connectivity index (χ0v) is 28.0. The lowest BCUT2D eigenvalue weighted by Gasteiger charge is -2.15. The normalized spacial score (nSPS) is 11.6. The van der Waals surface area contributed by atoms with E-state index in [1.807, 2.05) is 50.0 Å². The first-order valence-electron chi connectivity index (χ1n) is 15.6. The Morgan fingerprint density at radius 3 is 2.52 bits per heavy atom. The number of esters is 1. The van der Waals surface area contributed by atoms with E-state index in [0.717, 1.165) is 69.2 Å². The summed E-state index contributed by atoms with van der Waals surface area (Å²) < 4.78 is 16.2. The van der Waals surface area contributed by atoms with Crippen molar-refractivity contribution < 1.29 is 14.3 Å². The molecule has 2 aromatic heterocycles. The summed E-state index contributed by atoms with van der Waals surface area (Å²) >= 11 is 3.70. The van der Waals surface area contributed by atoms with Crippen molar-refractivity contribution in [3.05, 3.63) is 83.3 Å². The van der Waals surface area contributed by atoms with Crippen LogP contribution in [0.2, 0.25) is 0 Å². The number of benzene rings is 3. The Hall–Kier alpha value is -3.62. The number of aromatic nitrogens is 3. The van der Waals surface area contributed by atoms with E-state index >= 15 is 0 Å². The molecule has 0 fully saturated rings. The monoisotopic (exact) mass is 658 g/mol. The molecule has 7 nitrogen and oxygen atoms in total. The van der Waals surface area contributed by atoms with E-state index in [4.69, 9.17) is 14.6 Å². The third-order valence-corrected chi connectivity index (χ3v) is 8.68. The predicted octanol–water partition coefficient (Wildman–Crippen LogP) is 8.01. The maximum absolute atomic E-state index is 13.7. The third kappa shape index (κ3) is 6.28. The van der Waals surface area contributed by atoms with Gasteiger partial charge in [-0.25, -0.2) is 4.79 Å². The van der Waals surface area contributed by atoms with Crippen molar-refractivity contribution >= 4 is 43.6 Å². The molecule has 5 rings (SSSR count). The molecule has 0 aliphatic heterocycles. The second-order valence-corrected chi connectivity index (χ2v) is 12.0. The highest BCUT2D eigenvalue weighted by atomic mass is 79.9. The van der Waals surface area contributed by atoms with E-state index in [0.29, 0.717) is 37.2 Å². The summed E-state index contributed by atoms with van der Waals surface area (Å²) in [4.78, 5) is 13.7. The number of carbonyl (C=O) groups is 1. The van der Waals surface area contributed by atoms with E-state index in [9.17, 15) is 4.79 Å². The Labute approximate surface area is 268 Å². The van der Waals surface area contributed by atoms with Gasteiger partial charge < -0.3 is 19.4 Å². The summed E-state index contributed by atoms with van der Waals surface area (Å²) in [5.41, 5.74) is 7.13. The molecule has 0 saturated heterocycles. The minimum atomic E-state index is -0.278. The summed E-state index contributed by atoms with van der Waals surface area (Å²) in [6.07, 6.45) is 2.32. The number of ether oxygens (including phenoxy) is 2. The van der Waals surface area contributed by atoms with Crippen molar-refractivity contribution in [3.8, 4) is 16.9 Å². The summed E-state index contributed by atoms with van der Waals surface area (Å²) in [7, 11) is 3.97. The Bertz CT molecular complexity index is 1750. The van der Waals surface area contributed by atoms with Crippen LogP contribution in [0.25, 0.3) is 32.8 Å². The van der Waals surface area contributed by atoms with Crippen molar-refractivity contribution in [1.29, 1.82) is 0 Å². The zero-order chi connectivity index (χ0) is 31.2. The molecule has 1 N–H and O–H groups in total. The molecule has 232 valence electrons. The Kier molecular flexibility index (Phi) is 10.4. The minimum absolute atomic E-state index is 0.272. The van der Waals surface area contributed by atoms with Gasteiger partial charge in [-0.2, -0.15) is 5.10 Å². The average molecular weight is 660 g/mol. The fraction of sp³-hybridized carbons (Fsp3) is 0.389. The van der Waals surface area contributed by atoms with Crippen molar-refractivity contribution in [2.24, 2.45) is 7.05 Å².